The van der Waals surface area contributed by atoms with Crippen LogP contribution in [0.5, 0.6) is 5.75 Å². The molecule has 0 aliphatic carbocycles. The van der Waals surface area contributed by atoms with E-state index in [0.717, 1.165) is 6.08 Å². The van der Waals surface area contributed by atoms with E-state index in [4.69, 9.17) is 27.9 Å². The molecule has 2 rings (SSSR count). The summed E-state index contributed by atoms with van der Waals surface area (Å²) >= 11 is 11.9. The Morgan fingerprint density at radius 1 is 1.05 bits per heavy atom. The third-order valence-electron chi connectivity index (χ3n) is 2.84. The van der Waals surface area contributed by atoms with E-state index in [-0.39, 0.29) is 0 Å². The van der Waals surface area contributed by atoms with E-state index in [1.807, 2.05) is 0 Å². The van der Waals surface area contributed by atoms with Crippen molar-refractivity contribution in [3.05, 3.63) is 69.7 Å². The van der Waals surface area contributed by atoms with Crippen LogP contribution in [0, 0.1) is 0 Å². The lowest BCUT2D eigenvalue weighted by atomic mass is 9.97. The second-order valence-electron chi connectivity index (χ2n) is 4.26. The molecule has 2 aromatic carbocycles. The van der Waals surface area contributed by atoms with Crippen molar-refractivity contribution in [2.75, 3.05) is 7.11 Å². The van der Waals surface area contributed by atoms with Crippen LogP contribution in [-0.4, -0.2) is 13.1 Å². The fraction of sp³-hybridized carbons (Fsp3) is 0.0625. The van der Waals surface area contributed by atoms with Gasteiger partial charge in [0.05, 0.1) is 13.1 Å². The number of hydrogen-bond donors (Lipinski definition) is 0. The van der Waals surface area contributed by atoms with Crippen molar-refractivity contribution >= 4 is 34.7 Å². The summed E-state index contributed by atoms with van der Waals surface area (Å²) in [6.07, 6.45) is 1.02. The van der Waals surface area contributed by atoms with Gasteiger partial charge in [0.2, 0.25) is 0 Å². The molecule has 3 nitrogen and oxygen atoms in total. The van der Waals surface area contributed by atoms with Crippen LogP contribution in [0.4, 0.5) is 0 Å². The topological polar surface area (TPSA) is 49.4 Å². The molecule has 0 spiro atoms. The van der Waals surface area contributed by atoms with E-state index in [0.29, 0.717) is 32.5 Å². The first-order valence-electron chi connectivity index (χ1n) is 6.03. The van der Waals surface area contributed by atoms with Gasteiger partial charge in [-0.3, -0.25) is 0 Å². The fourth-order valence-electron chi connectivity index (χ4n) is 1.93. The first-order chi connectivity index (χ1) is 9.99. The summed E-state index contributed by atoms with van der Waals surface area (Å²) in [7, 11) is 1.56. The zero-order chi connectivity index (χ0) is 15.4. The molecule has 0 atom stereocenters. The van der Waals surface area contributed by atoms with Gasteiger partial charge in [-0.25, -0.2) is 0 Å². The van der Waals surface area contributed by atoms with Gasteiger partial charge >= 0.3 is 0 Å². The molecule has 2 aromatic rings. The molecule has 0 heterocycles. The number of hydrogen-bond acceptors (Lipinski definition) is 3. The minimum atomic E-state index is -1.29. The maximum Gasteiger partial charge on any atom is 0.118 e. The Balaban J connectivity index is 2.55. The molecular formula is C16H11Cl2O3-. The molecule has 0 bridgehead atoms. The lowest BCUT2D eigenvalue weighted by molar-refractivity contribution is -0.297. The summed E-state index contributed by atoms with van der Waals surface area (Å²) in [4.78, 5) is 11.0. The first-order valence-corrected chi connectivity index (χ1v) is 6.79. The average Bonchev–Trinajstić information content (AvgIpc) is 2.43. The van der Waals surface area contributed by atoms with Crippen molar-refractivity contribution in [2.24, 2.45) is 0 Å². The van der Waals surface area contributed by atoms with E-state index in [1.54, 1.807) is 49.6 Å². The van der Waals surface area contributed by atoms with Crippen molar-refractivity contribution in [2.45, 2.75) is 0 Å². The molecule has 5 heteroatoms. The molecule has 0 saturated heterocycles. The van der Waals surface area contributed by atoms with E-state index in [1.165, 1.54) is 0 Å². The number of halogens is 2. The fourth-order valence-corrected chi connectivity index (χ4v) is 2.46. The number of carbonyl (C=O) groups excluding carboxylic acids is 1. The van der Waals surface area contributed by atoms with Gasteiger partial charge in [0, 0.05) is 10.0 Å². The normalized spacial score (nSPS) is 11.3. The van der Waals surface area contributed by atoms with Gasteiger partial charge in [-0.05, 0) is 53.1 Å². The highest BCUT2D eigenvalue weighted by Gasteiger charge is 2.08. The number of rotatable bonds is 4. The Hall–Kier alpha value is -1.97. The van der Waals surface area contributed by atoms with E-state index < -0.39 is 5.97 Å². The number of carbonyl (C=O) groups is 1. The molecule has 0 amide bonds. The molecule has 21 heavy (non-hydrogen) atoms. The minimum Gasteiger partial charge on any atom is -0.545 e. The Morgan fingerprint density at radius 2 is 1.62 bits per heavy atom. The van der Waals surface area contributed by atoms with Crippen LogP contribution in [0.3, 0.4) is 0 Å². The summed E-state index contributed by atoms with van der Waals surface area (Å²) in [5.74, 6) is -0.618. The Bertz CT molecular complexity index is 671. The van der Waals surface area contributed by atoms with Crippen LogP contribution >= 0.6 is 23.2 Å². The Morgan fingerprint density at radius 3 is 2.10 bits per heavy atom. The largest absolute Gasteiger partial charge is 0.545 e. The van der Waals surface area contributed by atoms with Crippen LogP contribution in [0.1, 0.15) is 11.1 Å². The molecule has 0 aliphatic heterocycles. The summed E-state index contributed by atoms with van der Waals surface area (Å²) in [6.45, 7) is 0. The van der Waals surface area contributed by atoms with Crippen LogP contribution in [0.15, 0.2) is 48.5 Å². The zero-order valence-corrected chi connectivity index (χ0v) is 12.6. The number of benzene rings is 2. The van der Waals surface area contributed by atoms with E-state index >= 15 is 0 Å². The maximum atomic E-state index is 11.0. The summed E-state index contributed by atoms with van der Waals surface area (Å²) < 4.78 is 5.08. The quantitative estimate of drug-likeness (QED) is 0.812. The van der Waals surface area contributed by atoms with Gasteiger partial charge in [0.25, 0.3) is 0 Å². The Labute approximate surface area is 132 Å². The lowest BCUT2D eigenvalue weighted by Crippen LogP contribution is -2.19. The zero-order valence-electron chi connectivity index (χ0n) is 11.1. The standard InChI is InChI=1S/C16H12Cl2O3/c1-21-14-4-2-10(3-5-14)15(9-16(19)20)11-6-12(17)8-13(18)7-11/h2-9H,1H3,(H,19,20)/p-1/b15-9-. The molecule has 0 fully saturated rings. The third kappa shape index (κ3) is 4.00. The number of aliphatic carboxylic acids is 1. The number of ether oxygens (including phenoxy) is 1. The maximum absolute atomic E-state index is 11.0. The molecule has 0 aromatic heterocycles. The molecule has 0 unspecified atom stereocenters. The summed E-state index contributed by atoms with van der Waals surface area (Å²) in [5.41, 5.74) is 1.75. The predicted molar refractivity (Wildman–Crippen MR) is 81.5 cm³/mol. The predicted octanol–water partition coefficient (Wildman–Crippen LogP) is 3.18. The smallest absolute Gasteiger partial charge is 0.118 e. The van der Waals surface area contributed by atoms with Crippen LogP contribution in [-0.2, 0) is 4.79 Å². The second kappa shape index (κ2) is 6.66. The molecule has 0 radical (unpaired) electrons. The van der Waals surface area contributed by atoms with Crippen LogP contribution < -0.4 is 9.84 Å². The number of carboxylic acid groups (broad SMARTS) is 1. The molecule has 108 valence electrons. The highest BCUT2D eigenvalue weighted by atomic mass is 35.5. The van der Waals surface area contributed by atoms with Gasteiger partial charge in [-0.15, -0.1) is 0 Å². The SMILES string of the molecule is COc1ccc(/C(=C/C(=O)[O-])c2cc(Cl)cc(Cl)c2)cc1. The van der Waals surface area contributed by atoms with Gasteiger partial charge in [-0.2, -0.15) is 0 Å². The monoisotopic (exact) mass is 321 g/mol. The Kier molecular flexibility index (Phi) is 4.89. The van der Waals surface area contributed by atoms with Crippen molar-refractivity contribution < 1.29 is 14.6 Å². The van der Waals surface area contributed by atoms with Gasteiger partial charge < -0.3 is 14.6 Å². The molecular weight excluding hydrogens is 311 g/mol. The second-order valence-corrected chi connectivity index (χ2v) is 5.14. The summed E-state index contributed by atoms with van der Waals surface area (Å²) in [6, 6.07) is 11.9. The van der Waals surface area contributed by atoms with E-state index in [2.05, 4.69) is 0 Å². The average molecular weight is 322 g/mol. The third-order valence-corrected chi connectivity index (χ3v) is 3.27. The van der Waals surface area contributed by atoms with Gasteiger partial charge in [0.15, 0.2) is 0 Å². The van der Waals surface area contributed by atoms with Gasteiger partial charge in [-0.1, -0.05) is 35.3 Å². The van der Waals surface area contributed by atoms with Crippen molar-refractivity contribution in [1.29, 1.82) is 0 Å². The van der Waals surface area contributed by atoms with Crippen LogP contribution in [0.25, 0.3) is 5.57 Å². The highest BCUT2D eigenvalue weighted by molar-refractivity contribution is 6.35. The van der Waals surface area contributed by atoms with E-state index in [9.17, 15) is 9.90 Å². The minimum absolute atomic E-state index is 0.426. The van der Waals surface area contributed by atoms with Gasteiger partial charge in [0.1, 0.15) is 5.75 Å². The van der Waals surface area contributed by atoms with Crippen molar-refractivity contribution in [3.8, 4) is 5.75 Å². The molecule has 0 N–H and O–H groups in total. The highest BCUT2D eigenvalue weighted by Crippen LogP contribution is 2.29. The molecule has 0 aliphatic rings. The number of carboxylic acids is 1. The number of methoxy groups -OCH3 is 1. The lowest BCUT2D eigenvalue weighted by Gasteiger charge is -2.11. The van der Waals surface area contributed by atoms with Crippen molar-refractivity contribution in [3.63, 3.8) is 0 Å². The first kappa shape index (κ1) is 15.4. The molecule has 0 saturated carbocycles. The summed E-state index contributed by atoms with van der Waals surface area (Å²) in [5, 5.41) is 11.8. The van der Waals surface area contributed by atoms with Crippen LogP contribution in [0.2, 0.25) is 10.0 Å². The van der Waals surface area contributed by atoms with Crippen molar-refractivity contribution in [1.82, 2.24) is 0 Å².